The summed E-state index contributed by atoms with van der Waals surface area (Å²) in [5.74, 6) is 0.812. The van der Waals surface area contributed by atoms with Crippen molar-refractivity contribution in [3.8, 4) is 0 Å². The van der Waals surface area contributed by atoms with E-state index in [1.807, 2.05) is 11.3 Å². The Balaban J connectivity index is 1.58. The van der Waals surface area contributed by atoms with Crippen molar-refractivity contribution in [1.82, 2.24) is 4.98 Å². The summed E-state index contributed by atoms with van der Waals surface area (Å²) in [5, 5.41) is 1.09. The number of hydrogen-bond acceptors (Lipinski definition) is 3. The zero-order valence-corrected chi connectivity index (χ0v) is 12.5. The first kappa shape index (κ1) is 12.5. The predicted octanol–water partition coefficient (Wildman–Crippen LogP) is 3.95. The first-order valence-electron chi connectivity index (χ1n) is 7.65. The van der Waals surface area contributed by atoms with Crippen LogP contribution in [0.15, 0.2) is 24.3 Å². The van der Waals surface area contributed by atoms with Crippen LogP contribution in [0.4, 0.5) is 0 Å². The molecule has 2 aliphatic rings. The van der Waals surface area contributed by atoms with E-state index in [0.29, 0.717) is 0 Å². The van der Waals surface area contributed by atoms with E-state index >= 15 is 0 Å². The minimum atomic E-state index is -0.0566. The Morgan fingerprint density at radius 3 is 2.55 bits per heavy atom. The van der Waals surface area contributed by atoms with Crippen LogP contribution in [-0.2, 0) is 12.8 Å². The number of fused-ring (bicyclic) bond motifs is 1. The molecule has 0 spiro atoms. The average molecular weight is 284 g/mol. The second-order valence-corrected chi connectivity index (χ2v) is 7.16. The molecule has 1 unspecified atom stereocenters. The maximum Gasteiger partial charge on any atom is 0.114 e. The van der Waals surface area contributed by atoms with E-state index in [1.165, 1.54) is 53.8 Å². The molecule has 1 heterocycles. The summed E-state index contributed by atoms with van der Waals surface area (Å²) < 4.78 is 0. The maximum absolute atomic E-state index is 6.42. The molecule has 1 aromatic heterocycles. The van der Waals surface area contributed by atoms with Gasteiger partial charge in [-0.15, -0.1) is 11.3 Å². The van der Waals surface area contributed by atoms with Gasteiger partial charge in [-0.05, 0) is 55.6 Å². The zero-order chi connectivity index (χ0) is 13.5. The number of nitrogens with two attached hydrogens (primary N) is 1. The molecule has 2 nitrogen and oxygen atoms in total. The number of aromatic nitrogens is 1. The molecule has 2 aliphatic carbocycles. The van der Waals surface area contributed by atoms with E-state index in [-0.39, 0.29) is 6.04 Å². The summed E-state index contributed by atoms with van der Waals surface area (Å²) in [6.07, 6.45) is 7.62. The van der Waals surface area contributed by atoms with Crippen molar-refractivity contribution in [1.29, 1.82) is 0 Å². The highest BCUT2D eigenvalue weighted by Gasteiger charge is 2.24. The van der Waals surface area contributed by atoms with Gasteiger partial charge in [0.1, 0.15) is 5.01 Å². The van der Waals surface area contributed by atoms with Crippen molar-refractivity contribution in [3.63, 3.8) is 0 Å². The molecule has 2 N–H and O–H groups in total. The summed E-state index contributed by atoms with van der Waals surface area (Å²) >= 11 is 1.82. The van der Waals surface area contributed by atoms with E-state index in [0.717, 1.165) is 17.3 Å². The molecule has 0 radical (unpaired) electrons. The van der Waals surface area contributed by atoms with Crippen molar-refractivity contribution < 1.29 is 0 Å². The molecule has 0 saturated heterocycles. The lowest BCUT2D eigenvalue weighted by molar-refractivity contribution is 0.678. The molecule has 20 heavy (non-hydrogen) atoms. The van der Waals surface area contributed by atoms with Crippen molar-refractivity contribution >= 4 is 11.3 Å². The highest BCUT2D eigenvalue weighted by atomic mass is 32.1. The molecule has 1 atom stereocenters. The van der Waals surface area contributed by atoms with E-state index in [1.54, 1.807) is 0 Å². The fraction of sp³-hybridized carbons (Fsp3) is 0.471. The predicted molar refractivity (Wildman–Crippen MR) is 83.2 cm³/mol. The van der Waals surface area contributed by atoms with Crippen LogP contribution in [0.5, 0.6) is 0 Å². The minimum absolute atomic E-state index is 0.0566. The van der Waals surface area contributed by atoms with E-state index < -0.39 is 0 Å². The van der Waals surface area contributed by atoms with Crippen LogP contribution in [0.2, 0.25) is 0 Å². The summed E-state index contributed by atoms with van der Waals surface area (Å²) in [5.41, 5.74) is 10.4. The van der Waals surface area contributed by atoms with Crippen molar-refractivity contribution in [2.45, 2.75) is 50.5 Å². The first-order chi connectivity index (χ1) is 9.81. The van der Waals surface area contributed by atoms with Gasteiger partial charge in [0.15, 0.2) is 0 Å². The zero-order valence-electron chi connectivity index (χ0n) is 11.6. The van der Waals surface area contributed by atoms with Crippen LogP contribution in [-0.4, -0.2) is 4.98 Å². The molecule has 4 rings (SSSR count). The number of benzene rings is 1. The van der Waals surface area contributed by atoms with Gasteiger partial charge in [0, 0.05) is 4.88 Å². The molecule has 0 amide bonds. The quantitative estimate of drug-likeness (QED) is 0.927. The second-order valence-electron chi connectivity index (χ2n) is 6.05. The Hall–Kier alpha value is -1.19. The van der Waals surface area contributed by atoms with Gasteiger partial charge in [-0.1, -0.05) is 24.3 Å². The molecule has 3 heteroatoms. The average Bonchev–Trinajstić information content (AvgIpc) is 3.25. The molecule has 2 aromatic rings. The Labute approximate surface area is 124 Å². The number of hydrogen-bond donors (Lipinski definition) is 1. The van der Waals surface area contributed by atoms with Crippen LogP contribution in [0, 0.1) is 0 Å². The van der Waals surface area contributed by atoms with Crippen LogP contribution in [0.1, 0.15) is 64.3 Å². The van der Waals surface area contributed by atoms with Gasteiger partial charge >= 0.3 is 0 Å². The van der Waals surface area contributed by atoms with Crippen molar-refractivity contribution in [3.05, 3.63) is 51.0 Å². The monoisotopic (exact) mass is 284 g/mol. The van der Waals surface area contributed by atoms with Gasteiger partial charge in [-0.3, -0.25) is 0 Å². The maximum atomic E-state index is 6.42. The lowest BCUT2D eigenvalue weighted by Crippen LogP contribution is -2.11. The smallest absolute Gasteiger partial charge is 0.114 e. The van der Waals surface area contributed by atoms with Crippen molar-refractivity contribution in [2.24, 2.45) is 5.73 Å². The third kappa shape index (κ3) is 2.29. The molecule has 0 bridgehead atoms. The van der Waals surface area contributed by atoms with Gasteiger partial charge in [0.2, 0.25) is 0 Å². The summed E-state index contributed by atoms with van der Waals surface area (Å²) in [4.78, 5) is 6.26. The lowest BCUT2D eigenvalue weighted by Gasteiger charge is -2.09. The fourth-order valence-electron chi connectivity index (χ4n) is 3.04. The first-order valence-corrected chi connectivity index (χ1v) is 8.47. The van der Waals surface area contributed by atoms with Crippen LogP contribution >= 0.6 is 11.3 Å². The summed E-state index contributed by atoms with van der Waals surface area (Å²) in [6, 6.07) is 8.83. The molecule has 1 saturated carbocycles. The summed E-state index contributed by atoms with van der Waals surface area (Å²) in [7, 11) is 0. The molecule has 1 fully saturated rings. The van der Waals surface area contributed by atoms with Gasteiger partial charge in [0.25, 0.3) is 0 Å². The van der Waals surface area contributed by atoms with Crippen LogP contribution < -0.4 is 5.73 Å². The Kier molecular flexibility index (Phi) is 3.12. The molecular formula is C17H20N2S. The highest BCUT2D eigenvalue weighted by Crippen LogP contribution is 2.40. The van der Waals surface area contributed by atoms with Crippen LogP contribution in [0.3, 0.4) is 0 Å². The highest BCUT2D eigenvalue weighted by molar-refractivity contribution is 7.11. The number of aryl methyl sites for hydroxylation is 2. The summed E-state index contributed by atoms with van der Waals surface area (Å²) in [6.45, 7) is 0. The molecule has 0 aliphatic heterocycles. The van der Waals surface area contributed by atoms with Gasteiger partial charge in [0.05, 0.1) is 11.7 Å². The standard InChI is InChI=1S/C17H20N2S/c18-16(13-9-7-12(8-10-13)11-5-6-11)17-19-14-3-1-2-4-15(14)20-17/h7-11,16H,1-6,18H2. The van der Waals surface area contributed by atoms with Crippen LogP contribution in [0.25, 0.3) is 0 Å². The molecule has 1 aromatic carbocycles. The molecular weight excluding hydrogens is 264 g/mol. The van der Waals surface area contributed by atoms with Gasteiger partial charge < -0.3 is 5.73 Å². The van der Waals surface area contributed by atoms with Gasteiger partial charge in [-0.2, -0.15) is 0 Å². The van der Waals surface area contributed by atoms with Crippen molar-refractivity contribution in [2.75, 3.05) is 0 Å². The number of rotatable bonds is 3. The lowest BCUT2D eigenvalue weighted by atomic mass is 10.0. The Morgan fingerprint density at radius 1 is 1.10 bits per heavy atom. The third-order valence-corrected chi connectivity index (χ3v) is 5.71. The Bertz CT molecular complexity index is 587. The SMILES string of the molecule is NC(c1ccc(C2CC2)cc1)c1nc2c(s1)CCCC2. The van der Waals surface area contributed by atoms with E-state index in [2.05, 4.69) is 24.3 Å². The van der Waals surface area contributed by atoms with Gasteiger partial charge in [-0.25, -0.2) is 4.98 Å². The van der Waals surface area contributed by atoms with E-state index in [4.69, 9.17) is 10.7 Å². The fourth-order valence-corrected chi connectivity index (χ4v) is 4.22. The van der Waals surface area contributed by atoms with E-state index in [9.17, 15) is 0 Å². The Morgan fingerprint density at radius 2 is 1.85 bits per heavy atom. The third-order valence-electron chi connectivity index (χ3n) is 4.47. The largest absolute Gasteiger partial charge is 0.318 e. The second kappa shape index (κ2) is 4.97. The molecule has 104 valence electrons. The minimum Gasteiger partial charge on any atom is -0.318 e. The number of nitrogens with zero attached hydrogens (tertiary/aromatic N) is 1. The normalized spacial score (nSPS) is 19.6. The topological polar surface area (TPSA) is 38.9 Å². The number of thiazole rings is 1.